The van der Waals surface area contributed by atoms with E-state index in [9.17, 15) is 0 Å². The summed E-state index contributed by atoms with van der Waals surface area (Å²) in [7, 11) is 2.03. The lowest BCUT2D eigenvalue weighted by molar-refractivity contribution is 0.483. The molecule has 2 aromatic rings. The molecule has 94 valence electrons. The first-order valence-electron chi connectivity index (χ1n) is 6.04. The molecule has 0 heterocycles. The van der Waals surface area contributed by atoms with E-state index < -0.39 is 0 Å². The fourth-order valence-corrected chi connectivity index (χ4v) is 1.66. The summed E-state index contributed by atoms with van der Waals surface area (Å²) in [5.41, 5.74) is 2.09. The quantitative estimate of drug-likeness (QED) is 0.631. The van der Waals surface area contributed by atoms with E-state index in [0.717, 1.165) is 17.2 Å². The molecule has 0 atom stereocenters. The predicted octanol–water partition coefficient (Wildman–Crippen LogP) is 2.31. The van der Waals surface area contributed by atoms with Crippen molar-refractivity contribution in [2.75, 3.05) is 5.32 Å². The van der Waals surface area contributed by atoms with Crippen LogP contribution in [0.15, 0.2) is 60.8 Å². The third-order valence-corrected chi connectivity index (χ3v) is 2.50. The molecule has 0 saturated heterocycles. The van der Waals surface area contributed by atoms with Gasteiger partial charge in [-0.05, 0) is 30.3 Å². The van der Waals surface area contributed by atoms with Gasteiger partial charge in [0.2, 0.25) is 0 Å². The number of rotatable bonds is 5. The Kier molecular flexibility index (Phi) is 4.40. The number of allylic oxidation sites excluding steroid dienone is 1. The molecule has 0 fully saturated rings. The van der Waals surface area contributed by atoms with Gasteiger partial charge in [-0.3, -0.25) is 0 Å². The lowest BCUT2D eigenvalue weighted by Crippen LogP contribution is -2.00. The average Bonchev–Trinajstić information content (AvgIpc) is 2.39. The SMILES string of the molecule is Bc1cccc(Oc2cccc(N/C=C\C=N)c2)c1. The van der Waals surface area contributed by atoms with E-state index in [1.54, 1.807) is 12.3 Å². The largest absolute Gasteiger partial charge is 0.457 e. The molecule has 0 radical (unpaired) electrons. The first kappa shape index (κ1) is 13.0. The van der Waals surface area contributed by atoms with Crippen LogP contribution < -0.4 is 15.5 Å². The van der Waals surface area contributed by atoms with Crippen LogP contribution in [0.3, 0.4) is 0 Å². The van der Waals surface area contributed by atoms with Crippen molar-refractivity contribution in [1.29, 1.82) is 5.41 Å². The highest BCUT2D eigenvalue weighted by molar-refractivity contribution is 6.32. The summed E-state index contributed by atoms with van der Waals surface area (Å²) in [6.45, 7) is 0. The van der Waals surface area contributed by atoms with Crippen molar-refractivity contribution in [3.8, 4) is 11.5 Å². The van der Waals surface area contributed by atoms with Crippen molar-refractivity contribution in [3.63, 3.8) is 0 Å². The second-order valence-corrected chi connectivity index (χ2v) is 4.12. The van der Waals surface area contributed by atoms with Crippen molar-refractivity contribution in [2.24, 2.45) is 0 Å². The molecule has 0 aliphatic heterocycles. The van der Waals surface area contributed by atoms with Gasteiger partial charge in [0.25, 0.3) is 0 Å². The van der Waals surface area contributed by atoms with Crippen LogP contribution in [0.25, 0.3) is 0 Å². The van der Waals surface area contributed by atoms with Gasteiger partial charge in [0, 0.05) is 24.2 Å². The molecule has 2 rings (SSSR count). The molecule has 0 spiro atoms. The van der Waals surface area contributed by atoms with Crippen molar-refractivity contribution in [1.82, 2.24) is 0 Å². The highest BCUT2D eigenvalue weighted by Crippen LogP contribution is 2.23. The molecule has 2 N–H and O–H groups in total. The van der Waals surface area contributed by atoms with Gasteiger partial charge in [-0.1, -0.05) is 23.7 Å². The van der Waals surface area contributed by atoms with E-state index in [2.05, 4.69) is 5.32 Å². The Labute approximate surface area is 113 Å². The van der Waals surface area contributed by atoms with Gasteiger partial charge < -0.3 is 15.5 Å². The fraction of sp³-hybridized carbons (Fsp3) is 0. The Bertz CT molecular complexity index is 596. The number of hydrogen-bond donors (Lipinski definition) is 2. The maximum absolute atomic E-state index is 6.90. The van der Waals surface area contributed by atoms with Gasteiger partial charge in [0.1, 0.15) is 19.3 Å². The second-order valence-electron chi connectivity index (χ2n) is 4.12. The highest BCUT2D eigenvalue weighted by atomic mass is 16.5. The number of benzene rings is 2. The van der Waals surface area contributed by atoms with Crippen LogP contribution in [0.1, 0.15) is 0 Å². The molecule has 0 aromatic heterocycles. The lowest BCUT2D eigenvalue weighted by Gasteiger charge is -2.08. The Morgan fingerprint density at radius 3 is 2.53 bits per heavy atom. The van der Waals surface area contributed by atoms with Gasteiger partial charge in [0.05, 0.1) is 0 Å². The van der Waals surface area contributed by atoms with Crippen LogP contribution in [0.5, 0.6) is 11.5 Å². The van der Waals surface area contributed by atoms with E-state index in [1.807, 2.05) is 56.4 Å². The van der Waals surface area contributed by atoms with Gasteiger partial charge in [-0.2, -0.15) is 0 Å². The second kappa shape index (κ2) is 6.45. The van der Waals surface area contributed by atoms with Crippen molar-refractivity contribution in [2.45, 2.75) is 0 Å². The molecular weight excluding hydrogens is 235 g/mol. The van der Waals surface area contributed by atoms with E-state index in [4.69, 9.17) is 10.1 Å². The third kappa shape index (κ3) is 4.03. The summed E-state index contributed by atoms with van der Waals surface area (Å²) in [5, 5.41) is 9.97. The summed E-state index contributed by atoms with van der Waals surface area (Å²) in [6, 6.07) is 15.6. The van der Waals surface area contributed by atoms with E-state index >= 15 is 0 Å². The molecule has 0 bridgehead atoms. The molecule has 0 aliphatic carbocycles. The number of ether oxygens (including phenoxy) is 1. The molecule has 0 unspecified atom stereocenters. The number of hydrogen-bond acceptors (Lipinski definition) is 3. The van der Waals surface area contributed by atoms with Crippen molar-refractivity contribution < 1.29 is 4.74 Å². The molecule has 19 heavy (non-hydrogen) atoms. The normalized spacial score (nSPS) is 10.3. The zero-order chi connectivity index (χ0) is 13.5. The highest BCUT2D eigenvalue weighted by Gasteiger charge is 1.98. The molecule has 2 aromatic carbocycles. The Morgan fingerprint density at radius 1 is 1.05 bits per heavy atom. The fourth-order valence-electron chi connectivity index (χ4n) is 1.66. The number of anilines is 1. The van der Waals surface area contributed by atoms with Crippen LogP contribution >= 0.6 is 0 Å². The smallest absolute Gasteiger partial charge is 0.139 e. The summed E-state index contributed by atoms with van der Waals surface area (Å²) >= 11 is 0. The lowest BCUT2D eigenvalue weighted by atomic mass is 9.96. The van der Waals surface area contributed by atoms with Crippen molar-refractivity contribution in [3.05, 3.63) is 60.8 Å². The van der Waals surface area contributed by atoms with Crippen LogP contribution in [0.4, 0.5) is 5.69 Å². The minimum absolute atomic E-state index is 0.777. The van der Waals surface area contributed by atoms with Crippen LogP contribution in [-0.4, -0.2) is 14.1 Å². The Hall–Kier alpha value is -2.49. The predicted molar refractivity (Wildman–Crippen MR) is 82.7 cm³/mol. The minimum atomic E-state index is 0.777. The monoisotopic (exact) mass is 250 g/mol. The summed E-state index contributed by atoms with van der Waals surface area (Å²) < 4.78 is 5.80. The van der Waals surface area contributed by atoms with E-state index in [-0.39, 0.29) is 0 Å². The topological polar surface area (TPSA) is 45.1 Å². The molecule has 0 saturated carbocycles. The zero-order valence-electron chi connectivity index (χ0n) is 10.8. The molecule has 3 nitrogen and oxygen atoms in total. The summed E-state index contributed by atoms with van der Waals surface area (Å²) in [5.74, 6) is 1.60. The first-order valence-corrected chi connectivity index (χ1v) is 6.04. The van der Waals surface area contributed by atoms with Crippen LogP contribution in [0, 0.1) is 5.41 Å². The Morgan fingerprint density at radius 2 is 1.79 bits per heavy atom. The Balaban J connectivity index is 2.10. The van der Waals surface area contributed by atoms with Gasteiger partial charge in [0.15, 0.2) is 0 Å². The van der Waals surface area contributed by atoms with Gasteiger partial charge >= 0.3 is 0 Å². The maximum atomic E-state index is 6.90. The molecule has 0 amide bonds. The third-order valence-electron chi connectivity index (χ3n) is 2.50. The van der Waals surface area contributed by atoms with Crippen LogP contribution in [-0.2, 0) is 0 Å². The standard InChI is InChI=1S/C15H15BN2O/c16-12-4-1-6-14(10-12)19-15-7-2-5-13(11-15)18-9-3-8-17/h1-11,17-18H,16H2/b9-3-,17-8?. The zero-order valence-corrected chi connectivity index (χ0v) is 10.8. The van der Waals surface area contributed by atoms with Gasteiger partial charge in [-0.25, -0.2) is 0 Å². The van der Waals surface area contributed by atoms with Crippen LogP contribution in [0.2, 0.25) is 0 Å². The van der Waals surface area contributed by atoms with E-state index in [0.29, 0.717) is 0 Å². The maximum Gasteiger partial charge on any atom is 0.139 e. The average molecular weight is 250 g/mol. The first-order chi connectivity index (χ1) is 9.28. The van der Waals surface area contributed by atoms with Crippen molar-refractivity contribution >= 4 is 25.2 Å². The minimum Gasteiger partial charge on any atom is -0.457 e. The van der Waals surface area contributed by atoms with E-state index in [1.165, 1.54) is 11.7 Å². The molecular formula is C15H15BN2O. The molecule has 0 aliphatic rings. The molecule has 4 heteroatoms. The summed E-state index contributed by atoms with van der Waals surface area (Å²) in [6.07, 6.45) is 4.55. The number of nitrogens with one attached hydrogen (secondary N) is 2. The van der Waals surface area contributed by atoms with Gasteiger partial charge in [-0.15, -0.1) is 0 Å². The summed E-state index contributed by atoms with van der Waals surface area (Å²) in [4.78, 5) is 0.